The summed E-state index contributed by atoms with van der Waals surface area (Å²) in [5.41, 5.74) is 6.84. The van der Waals surface area contributed by atoms with E-state index < -0.39 is 8.32 Å². The number of nitrogens with zero attached hydrogens (tertiary/aromatic N) is 3. The lowest BCUT2D eigenvalue weighted by Gasteiger charge is -2.36. The van der Waals surface area contributed by atoms with Crippen molar-refractivity contribution >= 4 is 36.8 Å². The lowest BCUT2D eigenvalue weighted by atomic mass is 9.98. The van der Waals surface area contributed by atoms with Crippen LogP contribution in [0.2, 0.25) is 23.2 Å². The number of aryl methyl sites for hydroxylation is 3. The van der Waals surface area contributed by atoms with Crippen molar-refractivity contribution < 1.29 is 32.9 Å². The summed E-state index contributed by atoms with van der Waals surface area (Å²) in [5, 5.41) is 6.53. The SMILES string of the molecule is COC(=O)c1c(CCCO[Si](C)(C)C(C)(C)C)c2ccc(Cl)c(-c3c(COC4CCCCO4)nn(C)c3C)c2n1CCCOCc1ccc(OC)cc1. The maximum absolute atomic E-state index is 13.8. The third-order valence-corrected chi connectivity index (χ3v) is 15.6. The average molecular weight is 768 g/mol. The molecular formula is C41H58ClN3O7Si. The topological polar surface area (TPSA) is 95.2 Å². The molecule has 1 fully saturated rings. The minimum absolute atomic E-state index is 0.105. The van der Waals surface area contributed by atoms with Crippen molar-refractivity contribution in [3.05, 3.63) is 69.6 Å². The largest absolute Gasteiger partial charge is 0.497 e. The Morgan fingerprint density at radius 3 is 2.43 bits per heavy atom. The molecule has 0 spiro atoms. The summed E-state index contributed by atoms with van der Waals surface area (Å²) in [6.07, 6.45) is 4.75. The number of fused-ring (bicyclic) bond motifs is 1. The molecule has 12 heteroatoms. The van der Waals surface area contributed by atoms with Gasteiger partial charge in [0.2, 0.25) is 0 Å². The van der Waals surface area contributed by atoms with Crippen LogP contribution in [0.25, 0.3) is 22.0 Å². The minimum atomic E-state index is -1.94. The first kappa shape index (κ1) is 41.0. The normalized spacial score (nSPS) is 15.3. The number of hydrogen-bond acceptors (Lipinski definition) is 8. The molecule has 0 aliphatic carbocycles. The summed E-state index contributed by atoms with van der Waals surface area (Å²) < 4.78 is 39.6. The fraction of sp³-hybridized carbons (Fsp3) is 0.561. The summed E-state index contributed by atoms with van der Waals surface area (Å²) in [6.45, 7) is 16.4. The van der Waals surface area contributed by atoms with E-state index >= 15 is 0 Å². The van der Waals surface area contributed by atoms with Crippen LogP contribution in [0, 0.1) is 6.92 Å². The highest BCUT2D eigenvalue weighted by Crippen LogP contribution is 2.43. The van der Waals surface area contributed by atoms with E-state index in [1.165, 1.54) is 7.11 Å². The number of carbonyl (C=O) groups is 1. The second-order valence-electron chi connectivity index (χ2n) is 15.4. The number of benzene rings is 2. The molecule has 53 heavy (non-hydrogen) atoms. The first-order chi connectivity index (χ1) is 25.3. The molecule has 2 aromatic carbocycles. The molecule has 0 bridgehead atoms. The van der Waals surface area contributed by atoms with Gasteiger partial charge in [-0.1, -0.05) is 50.6 Å². The van der Waals surface area contributed by atoms with Crippen LogP contribution in [0.5, 0.6) is 5.75 Å². The Morgan fingerprint density at radius 2 is 1.77 bits per heavy atom. The lowest BCUT2D eigenvalue weighted by molar-refractivity contribution is -0.169. The summed E-state index contributed by atoms with van der Waals surface area (Å²) >= 11 is 7.20. The number of carbonyl (C=O) groups excluding carboxylic acids is 1. The fourth-order valence-corrected chi connectivity index (χ4v) is 8.02. The lowest BCUT2D eigenvalue weighted by Crippen LogP contribution is -2.41. The molecule has 1 unspecified atom stereocenters. The molecule has 1 saturated heterocycles. The highest BCUT2D eigenvalue weighted by atomic mass is 35.5. The second kappa shape index (κ2) is 18.0. The van der Waals surface area contributed by atoms with Crippen molar-refractivity contribution in [2.24, 2.45) is 7.05 Å². The van der Waals surface area contributed by atoms with E-state index in [1.54, 1.807) is 7.11 Å². The van der Waals surface area contributed by atoms with Gasteiger partial charge >= 0.3 is 5.97 Å². The van der Waals surface area contributed by atoms with Crippen molar-refractivity contribution in [3.63, 3.8) is 0 Å². The van der Waals surface area contributed by atoms with Crippen molar-refractivity contribution in [1.82, 2.24) is 14.3 Å². The van der Waals surface area contributed by atoms with Gasteiger partial charge in [0.25, 0.3) is 0 Å². The molecule has 1 aliphatic rings. The quantitative estimate of drug-likeness (QED) is 0.0596. The van der Waals surface area contributed by atoms with Crippen LogP contribution in [0.3, 0.4) is 0 Å². The molecular weight excluding hydrogens is 710 g/mol. The van der Waals surface area contributed by atoms with Crippen LogP contribution < -0.4 is 4.74 Å². The molecule has 0 amide bonds. The van der Waals surface area contributed by atoms with Crippen LogP contribution in [-0.2, 0) is 56.6 Å². The summed E-state index contributed by atoms with van der Waals surface area (Å²) in [6, 6.07) is 11.8. The van der Waals surface area contributed by atoms with Crippen molar-refractivity contribution in [2.45, 2.75) is 110 Å². The van der Waals surface area contributed by atoms with E-state index in [1.807, 2.05) is 55.1 Å². The minimum Gasteiger partial charge on any atom is -0.497 e. The number of rotatable bonds is 17. The van der Waals surface area contributed by atoms with Crippen molar-refractivity contribution in [1.29, 1.82) is 0 Å². The van der Waals surface area contributed by atoms with E-state index in [0.29, 0.717) is 56.5 Å². The van der Waals surface area contributed by atoms with Gasteiger partial charge in [0.05, 0.1) is 43.7 Å². The Morgan fingerprint density at radius 1 is 1.02 bits per heavy atom. The van der Waals surface area contributed by atoms with E-state index in [2.05, 4.69) is 38.4 Å². The van der Waals surface area contributed by atoms with Gasteiger partial charge in [-0.15, -0.1) is 0 Å². The van der Waals surface area contributed by atoms with Crippen LogP contribution in [-0.4, -0.2) is 69.0 Å². The van der Waals surface area contributed by atoms with E-state index in [9.17, 15) is 4.79 Å². The van der Waals surface area contributed by atoms with E-state index in [4.69, 9.17) is 44.8 Å². The number of halogens is 1. The molecule has 0 radical (unpaired) electrons. The highest BCUT2D eigenvalue weighted by molar-refractivity contribution is 6.74. The van der Waals surface area contributed by atoms with Gasteiger partial charge in [-0.2, -0.15) is 5.10 Å². The highest BCUT2D eigenvalue weighted by Gasteiger charge is 2.37. The van der Waals surface area contributed by atoms with Crippen molar-refractivity contribution in [2.75, 3.05) is 34.0 Å². The van der Waals surface area contributed by atoms with Crippen LogP contribution in [0.1, 0.15) is 85.9 Å². The zero-order valence-corrected chi connectivity index (χ0v) is 34.9. The Bertz CT molecular complexity index is 1840. The monoisotopic (exact) mass is 767 g/mol. The van der Waals surface area contributed by atoms with Gasteiger partial charge in [0.1, 0.15) is 11.4 Å². The third kappa shape index (κ3) is 9.55. The first-order valence-corrected chi connectivity index (χ1v) is 22.1. The molecule has 1 atom stereocenters. The molecule has 0 N–H and O–H groups in total. The number of ether oxygens (including phenoxy) is 5. The molecule has 10 nitrogen and oxygen atoms in total. The Kier molecular flexibility index (Phi) is 13.9. The smallest absolute Gasteiger partial charge is 0.354 e. The predicted octanol–water partition coefficient (Wildman–Crippen LogP) is 9.40. The van der Waals surface area contributed by atoms with Gasteiger partial charge in [-0.25, -0.2) is 4.79 Å². The second-order valence-corrected chi connectivity index (χ2v) is 20.6. The predicted molar refractivity (Wildman–Crippen MR) is 212 cm³/mol. The van der Waals surface area contributed by atoms with E-state index in [0.717, 1.165) is 76.0 Å². The summed E-state index contributed by atoms with van der Waals surface area (Å²) in [5.74, 6) is 0.421. The summed E-state index contributed by atoms with van der Waals surface area (Å²) in [4.78, 5) is 13.8. The van der Waals surface area contributed by atoms with Crippen LogP contribution in [0.15, 0.2) is 36.4 Å². The Hall–Kier alpha value is -3.19. The molecule has 3 heterocycles. The number of aromatic nitrogens is 3. The van der Waals surface area contributed by atoms with Gasteiger partial charge in [-0.3, -0.25) is 4.68 Å². The summed E-state index contributed by atoms with van der Waals surface area (Å²) in [7, 11) is 3.08. The zero-order valence-electron chi connectivity index (χ0n) is 33.1. The Labute approximate surface area is 321 Å². The van der Waals surface area contributed by atoms with Gasteiger partial charge < -0.3 is 32.7 Å². The van der Waals surface area contributed by atoms with E-state index in [-0.39, 0.29) is 23.9 Å². The number of esters is 1. The van der Waals surface area contributed by atoms with Crippen LogP contribution in [0.4, 0.5) is 0 Å². The molecule has 2 aromatic heterocycles. The fourth-order valence-electron chi connectivity index (χ4n) is 6.68. The molecule has 290 valence electrons. The average Bonchev–Trinajstić information content (AvgIpc) is 3.60. The molecule has 4 aromatic rings. The molecule has 5 rings (SSSR count). The number of methoxy groups -OCH3 is 2. The molecule has 0 saturated carbocycles. The Balaban J connectivity index is 1.53. The number of hydrogen-bond donors (Lipinski definition) is 0. The standard InChI is InChI=1S/C41H58ClN3O7Si/c1-28-36(34(43-44(28)5)27-51-35-15-10-11-24-50-35)37-33(42)21-20-32-31(14-12-25-52-53(8,9)41(2,3)4)39(40(46)48-7)45(38(32)37)22-13-23-49-26-29-16-18-30(47-6)19-17-29/h16-21,35H,10-15,22-27H2,1-9H3. The van der Waals surface area contributed by atoms with Gasteiger partial charge in [0.15, 0.2) is 14.6 Å². The third-order valence-electron chi connectivity index (χ3n) is 10.8. The maximum atomic E-state index is 13.8. The first-order valence-electron chi connectivity index (χ1n) is 18.8. The zero-order chi connectivity index (χ0) is 38.3. The van der Waals surface area contributed by atoms with Crippen molar-refractivity contribution in [3.8, 4) is 16.9 Å². The maximum Gasteiger partial charge on any atom is 0.354 e. The molecule has 1 aliphatic heterocycles. The van der Waals surface area contributed by atoms with Crippen LogP contribution >= 0.6 is 11.6 Å². The van der Waals surface area contributed by atoms with Gasteiger partial charge in [-0.05, 0) is 92.9 Å². The van der Waals surface area contributed by atoms with Gasteiger partial charge in [0, 0.05) is 55.6 Å².